The first-order valence-electron chi connectivity index (χ1n) is 7.01. The average molecular weight is 247 g/mol. The number of aromatic nitrogens is 1. The molecule has 3 heteroatoms. The molecule has 3 nitrogen and oxygen atoms in total. The van der Waals surface area contributed by atoms with E-state index in [1.807, 2.05) is 14.1 Å². The molecular formula is C15H25N3. The zero-order valence-corrected chi connectivity index (χ0v) is 12.1. The highest BCUT2D eigenvalue weighted by Gasteiger charge is 2.23. The van der Waals surface area contributed by atoms with Gasteiger partial charge in [-0.2, -0.15) is 0 Å². The van der Waals surface area contributed by atoms with Gasteiger partial charge in [-0.3, -0.25) is 4.90 Å². The number of anilines is 1. The lowest BCUT2D eigenvalue weighted by Gasteiger charge is -2.35. The minimum atomic E-state index is 0.575. The summed E-state index contributed by atoms with van der Waals surface area (Å²) in [5.41, 5.74) is 2.67. The Labute approximate surface area is 111 Å². The lowest BCUT2D eigenvalue weighted by molar-refractivity contribution is 0.157. The van der Waals surface area contributed by atoms with E-state index in [1.165, 1.54) is 36.9 Å². The molecular weight excluding hydrogens is 222 g/mol. The Hall–Kier alpha value is -1.09. The van der Waals surface area contributed by atoms with E-state index >= 15 is 0 Å². The van der Waals surface area contributed by atoms with E-state index in [9.17, 15) is 0 Å². The monoisotopic (exact) mass is 247 g/mol. The van der Waals surface area contributed by atoms with Crippen LogP contribution in [-0.4, -0.2) is 37.1 Å². The van der Waals surface area contributed by atoms with Crippen molar-refractivity contribution < 1.29 is 0 Å². The maximum atomic E-state index is 4.62. The minimum Gasteiger partial charge on any atom is -0.363 e. The largest absolute Gasteiger partial charge is 0.363 e. The second kappa shape index (κ2) is 5.70. The van der Waals surface area contributed by atoms with Gasteiger partial charge in [-0.05, 0) is 50.0 Å². The number of pyridine rings is 1. The number of aryl methyl sites for hydroxylation is 1. The SMILES string of the molecule is CCN1CCCC[C@@H]1c1cnc(N(C)C)c(C)c1. The Bertz CT molecular complexity index is 401. The highest BCUT2D eigenvalue weighted by atomic mass is 15.2. The first-order chi connectivity index (χ1) is 8.63. The molecule has 1 aliphatic heterocycles. The third-order valence-corrected chi connectivity index (χ3v) is 3.90. The highest BCUT2D eigenvalue weighted by Crippen LogP contribution is 2.31. The lowest BCUT2D eigenvalue weighted by Crippen LogP contribution is -2.33. The van der Waals surface area contributed by atoms with Crippen LogP contribution in [0.25, 0.3) is 0 Å². The second-order valence-electron chi connectivity index (χ2n) is 5.44. The van der Waals surface area contributed by atoms with Gasteiger partial charge in [0.15, 0.2) is 0 Å². The van der Waals surface area contributed by atoms with Crippen LogP contribution in [0.4, 0.5) is 5.82 Å². The molecule has 0 N–H and O–H groups in total. The maximum absolute atomic E-state index is 4.62. The summed E-state index contributed by atoms with van der Waals surface area (Å²) in [4.78, 5) is 9.28. The van der Waals surface area contributed by atoms with E-state index in [4.69, 9.17) is 0 Å². The molecule has 0 aromatic carbocycles. The normalized spacial score (nSPS) is 21.0. The standard InChI is InChI=1S/C15H25N3/c1-5-18-9-7-6-8-14(18)13-10-12(2)15(16-11-13)17(3)4/h10-11,14H,5-9H2,1-4H3/t14-/m1/s1. The molecule has 0 spiro atoms. The maximum Gasteiger partial charge on any atom is 0.130 e. The molecule has 1 aliphatic rings. The predicted molar refractivity (Wildman–Crippen MR) is 77.1 cm³/mol. The fourth-order valence-electron chi connectivity index (χ4n) is 2.99. The molecule has 0 saturated carbocycles. The van der Waals surface area contributed by atoms with E-state index in [0.29, 0.717) is 6.04 Å². The van der Waals surface area contributed by atoms with Crippen LogP contribution in [0.15, 0.2) is 12.3 Å². The van der Waals surface area contributed by atoms with Gasteiger partial charge >= 0.3 is 0 Å². The number of rotatable bonds is 3. The van der Waals surface area contributed by atoms with Gasteiger partial charge in [0.05, 0.1) is 0 Å². The van der Waals surface area contributed by atoms with Crippen molar-refractivity contribution in [2.24, 2.45) is 0 Å². The molecule has 1 saturated heterocycles. The summed E-state index contributed by atoms with van der Waals surface area (Å²) in [6.07, 6.45) is 6.03. The van der Waals surface area contributed by atoms with Gasteiger partial charge in [0.2, 0.25) is 0 Å². The number of hydrogen-bond donors (Lipinski definition) is 0. The van der Waals surface area contributed by atoms with Gasteiger partial charge in [-0.1, -0.05) is 13.3 Å². The predicted octanol–water partition coefficient (Wildman–Crippen LogP) is 3.00. The molecule has 1 aromatic heterocycles. The van der Waals surface area contributed by atoms with Crippen LogP contribution >= 0.6 is 0 Å². The summed E-state index contributed by atoms with van der Waals surface area (Å²) < 4.78 is 0. The Kier molecular flexibility index (Phi) is 4.23. The summed E-state index contributed by atoms with van der Waals surface area (Å²) in [7, 11) is 4.10. The zero-order chi connectivity index (χ0) is 13.1. The summed E-state index contributed by atoms with van der Waals surface area (Å²) in [6.45, 7) is 6.78. The number of likely N-dealkylation sites (tertiary alicyclic amines) is 1. The molecule has 18 heavy (non-hydrogen) atoms. The molecule has 2 heterocycles. The van der Waals surface area contributed by atoms with E-state index in [-0.39, 0.29) is 0 Å². The van der Waals surface area contributed by atoms with E-state index in [0.717, 1.165) is 12.4 Å². The van der Waals surface area contributed by atoms with Crippen molar-refractivity contribution in [3.05, 3.63) is 23.4 Å². The van der Waals surface area contributed by atoms with Crippen LogP contribution in [-0.2, 0) is 0 Å². The molecule has 1 fully saturated rings. The van der Waals surface area contributed by atoms with E-state index < -0.39 is 0 Å². The van der Waals surface area contributed by atoms with Crippen LogP contribution in [0.1, 0.15) is 43.4 Å². The third kappa shape index (κ3) is 2.66. The van der Waals surface area contributed by atoms with Crippen molar-refractivity contribution in [3.63, 3.8) is 0 Å². The topological polar surface area (TPSA) is 19.4 Å². The van der Waals surface area contributed by atoms with Crippen molar-refractivity contribution in [2.45, 2.75) is 39.2 Å². The van der Waals surface area contributed by atoms with Crippen molar-refractivity contribution in [1.29, 1.82) is 0 Å². The fourth-order valence-corrected chi connectivity index (χ4v) is 2.99. The van der Waals surface area contributed by atoms with Gasteiger partial charge in [-0.15, -0.1) is 0 Å². The molecule has 0 bridgehead atoms. The zero-order valence-electron chi connectivity index (χ0n) is 12.1. The molecule has 0 aliphatic carbocycles. The third-order valence-electron chi connectivity index (χ3n) is 3.90. The summed E-state index contributed by atoms with van der Waals surface area (Å²) >= 11 is 0. The quantitative estimate of drug-likeness (QED) is 0.818. The Morgan fingerprint density at radius 2 is 2.17 bits per heavy atom. The smallest absolute Gasteiger partial charge is 0.130 e. The van der Waals surface area contributed by atoms with Gasteiger partial charge in [-0.25, -0.2) is 4.98 Å². The van der Waals surface area contributed by atoms with Crippen molar-refractivity contribution in [3.8, 4) is 0 Å². The molecule has 2 rings (SSSR count). The van der Waals surface area contributed by atoms with Gasteiger partial charge in [0.25, 0.3) is 0 Å². The van der Waals surface area contributed by atoms with Crippen LogP contribution < -0.4 is 4.90 Å². The van der Waals surface area contributed by atoms with Crippen LogP contribution in [0.2, 0.25) is 0 Å². The fraction of sp³-hybridized carbons (Fsp3) is 0.667. The average Bonchev–Trinajstić information content (AvgIpc) is 2.38. The summed E-state index contributed by atoms with van der Waals surface area (Å²) in [5.74, 6) is 1.08. The Morgan fingerprint density at radius 3 is 2.78 bits per heavy atom. The minimum absolute atomic E-state index is 0.575. The molecule has 0 unspecified atom stereocenters. The van der Waals surface area contributed by atoms with Crippen molar-refractivity contribution in [1.82, 2.24) is 9.88 Å². The van der Waals surface area contributed by atoms with Crippen LogP contribution in [0.5, 0.6) is 0 Å². The summed E-state index contributed by atoms with van der Waals surface area (Å²) in [5, 5.41) is 0. The first kappa shape index (κ1) is 13.3. The first-order valence-corrected chi connectivity index (χ1v) is 7.01. The number of nitrogens with zero attached hydrogens (tertiary/aromatic N) is 3. The van der Waals surface area contributed by atoms with Crippen LogP contribution in [0.3, 0.4) is 0 Å². The van der Waals surface area contributed by atoms with Crippen LogP contribution in [0, 0.1) is 6.92 Å². The van der Waals surface area contributed by atoms with Crippen molar-refractivity contribution in [2.75, 3.05) is 32.1 Å². The molecule has 100 valence electrons. The van der Waals surface area contributed by atoms with Crippen molar-refractivity contribution >= 4 is 5.82 Å². The molecule has 0 amide bonds. The second-order valence-corrected chi connectivity index (χ2v) is 5.44. The molecule has 1 atom stereocenters. The van der Waals surface area contributed by atoms with E-state index in [1.54, 1.807) is 0 Å². The van der Waals surface area contributed by atoms with Gasteiger partial charge < -0.3 is 4.90 Å². The highest BCUT2D eigenvalue weighted by molar-refractivity contribution is 5.46. The van der Waals surface area contributed by atoms with E-state index in [2.05, 4.69) is 40.9 Å². The lowest BCUT2D eigenvalue weighted by atomic mass is 9.95. The number of hydrogen-bond acceptors (Lipinski definition) is 3. The molecule has 0 radical (unpaired) electrons. The number of piperidine rings is 1. The molecule has 1 aromatic rings. The van der Waals surface area contributed by atoms with Gasteiger partial charge in [0, 0.05) is 26.3 Å². The van der Waals surface area contributed by atoms with Gasteiger partial charge in [0.1, 0.15) is 5.82 Å². The Balaban J connectivity index is 2.24. The summed E-state index contributed by atoms with van der Waals surface area (Å²) in [6, 6.07) is 2.90. The Morgan fingerprint density at radius 1 is 1.39 bits per heavy atom.